The van der Waals surface area contributed by atoms with E-state index in [2.05, 4.69) is 0 Å². The van der Waals surface area contributed by atoms with Gasteiger partial charge in [-0.2, -0.15) is 0 Å². The summed E-state index contributed by atoms with van der Waals surface area (Å²) in [7, 11) is 0. The van der Waals surface area contributed by atoms with Gasteiger partial charge in [0, 0.05) is 18.5 Å². The average molecular weight is 221 g/mol. The molecule has 0 saturated carbocycles. The molecule has 0 atom stereocenters. The minimum absolute atomic E-state index is 0.0915. The van der Waals surface area contributed by atoms with Crippen LogP contribution in [0.25, 0.3) is 0 Å². The Morgan fingerprint density at radius 1 is 1.25 bits per heavy atom. The first-order valence-electron chi connectivity index (χ1n) is 5.21. The lowest BCUT2D eigenvalue weighted by molar-refractivity contribution is -0.134. The van der Waals surface area contributed by atoms with Crippen molar-refractivity contribution < 1.29 is 14.3 Å². The van der Waals surface area contributed by atoms with Gasteiger partial charge in [0.25, 0.3) is 0 Å². The van der Waals surface area contributed by atoms with Crippen LogP contribution in [0.4, 0.5) is 5.69 Å². The van der Waals surface area contributed by atoms with Crippen molar-refractivity contribution in [3.05, 3.63) is 23.8 Å². The molecule has 0 heterocycles. The zero-order chi connectivity index (χ0) is 12.1. The molecule has 0 aliphatic carbocycles. The Morgan fingerprint density at radius 3 is 2.50 bits per heavy atom. The van der Waals surface area contributed by atoms with Gasteiger partial charge in [0.05, 0.1) is 5.56 Å². The van der Waals surface area contributed by atoms with Gasteiger partial charge in [0.1, 0.15) is 5.75 Å². The van der Waals surface area contributed by atoms with Crippen LogP contribution in [0.1, 0.15) is 37.0 Å². The first-order valence-corrected chi connectivity index (χ1v) is 5.21. The molecule has 0 aromatic heterocycles. The summed E-state index contributed by atoms with van der Waals surface area (Å²) in [5.41, 5.74) is 6.44. The van der Waals surface area contributed by atoms with Crippen molar-refractivity contribution in [3.8, 4) is 5.75 Å². The van der Waals surface area contributed by atoms with Crippen LogP contribution in [0, 0.1) is 0 Å². The summed E-state index contributed by atoms with van der Waals surface area (Å²) in [5.74, 6) is -0.172. The number of carbonyl (C=O) groups excluding carboxylic acids is 2. The molecule has 4 nitrogen and oxygen atoms in total. The maximum Gasteiger partial charge on any atom is 0.310 e. The maximum atomic E-state index is 11.6. The van der Waals surface area contributed by atoms with E-state index in [9.17, 15) is 9.59 Å². The number of rotatable bonds is 4. The molecule has 0 fully saturated rings. The summed E-state index contributed by atoms with van der Waals surface area (Å²) < 4.78 is 5.06. The van der Waals surface area contributed by atoms with Gasteiger partial charge in [0.2, 0.25) is 0 Å². The number of hydrogen-bond acceptors (Lipinski definition) is 4. The molecule has 16 heavy (non-hydrogen) atoms. The van der Waals surface area contributed by atoms with Crippen molar-refractivity contribution in [2.24, 2.45) is 0 Å². The lowest BCUT2D eigenvalue weighted by Crippen LogP contribution is -2.10. The second-order valence-corrected chi connectivity index (χ2v) is 3.36. The van der Waals surface area contributed by atoms with E-state index >= 15 is 0 Å². The highest BCUT2D eigenvalue weighted by Gasteiger charge is 2.13. The van der Waals surface area contributed by atoms with E-state index < -0.39 is 0 Å². The van der Waals surface area contributed by atoms with E-state index in [1.807, 2.05) is 0 Å². The Hall–Kier alpha value is -1.84. The van der Waals surface area contributed by atoms with Gasteiger partial charge in [-0.05, 0) is 18.2 Å². The van der Waals surface area contributed by atoms with Gasteiger partial charge >= 0.3 is 5.97 Å². The van der Waals surface area contributed by atoms with Crippen LogP contribution in [-0.2, 0) is 4.79 Å². The SMILES string of the molecule is CCC(=O)Oc1ccc(N)cc1C(=O)CC. The van der Waals surface area contributed by atoms with Crippen molar-refractivity contribution in [1.82, 2.24) is 0 Å². The number of benzene rings is 1. The molecule has 1 rings (SSSR count). The van der Waals surface area contributed by atoms with Crippen molar-refractivity contribution in [1.29, 1.82) is 0 Å². The smallest absolute Gasteiger partial charge is 0.310 e. The number of nitrogen functional groups attached to an aromatic ring is 1. The number of anilines is 1. The molecule has 86 valence electrons. The van der Waals surface area contributed by atoms with E-state index in [1.165, 1.54) is 6.07 Å². The third-order valence-electron chi connectivity index (χ3n) is 2.14. The molecule has 1 aromatic rings. The Labute approximate surface area is 94.4 Å². The highest BCUT2D eigenvalue weighted by molar-refractivity contribution is 5.99. The predicted octanol–water partition coefficient (Wildman–Crippen LogP) is 2.18. The van der Waals surface area contributed by atoms with Gasteiger partial charge in [-0.15, -0.1) is 0 Å². The summed E-state index contributed by atoms with van der Waals surface area (Å²) in [4.78, 5) is 22.8. The zero-order valence-corrected chi connectivity index (χ0v) is 9.45. The number of Topliss-reactive ketones (excluding diaryl/α,β-unsaturated/α-hetero) is 1. The number of hydrogen-bond donors (Lipinski definition) is 1. The van der Waals surface area contributed by atoms with Gasteiger partial charge in [0.15, 0.2) is 5.78 Å². The molecule has 2 N–H and O–H groups in total. The minimum atomic E-state index is -0.366. The quantitative estimate of drug-likeness (QED) is 0.366. The molecule has 4 heteroatoms. The molecule has 0 aliphatic rings. The number of esters is 1. The average Bonchev–Trinajstić information content (AvgIpc) is 2.30. The molecule has 1 aromatic carbocycles. The topological polar surface area (TPSA) is 69.4 Å². The first kappa shape index (κ1) is 12.2. The fourth-order valence-corrected chi connectivity index (χ4v) is 1.24. The summed E-state index contributed by atoms with van der Waals surface area (Å²) in [6.45, 7) is 3.44. The van der Waals surface area contributed by atoms with Crippen LogP contribution in [0.15, 0.2) is 18.2 Å². The molecular weight excluding hydrogens is 206 g/mol. The molecule has 0 spiro atoms. The maximum absolute atomic E-state index is 11.6. The Kier molecular flexibility index (Phi) is 4.05. The Morgan fingerprint density at radius 2 is 1.94 bits per heavy atom. The van der Waals surface area contributed by atoms with Gasteiger partial charge in [-0.25, -0.2) is 0 Å². The molecule has 0 radical (unpaired) electrons. The van der Waals surface area contributed by atoms with Crippen LogP contribution in [0.3, 0.4) is 0 Å². The van der Waals surface area contributed by atoms with Crippen LogP contribution in [-0.4, -0.2) is 11.8 Å². The zero-order valence-electron chi connectivity index (χ0n) is 9.45. The number of ether oxygens (including phenoxy) is 1. The lowest BCUT2D eigenvalue weighted by Gasteiger charge is -2.08. The van der Waals surface area contributed by atoms with Gasteiger partial charge in [-0.1, -0.05) is 13.8 Å². The van der Waals surface area contributed by atoms with E-state index in [1.54, 1.807) is 26.0 Å². The first-order chi connectivity index (χ1) is 7.58. The Balaban J connectivity index is 3.07. The largest absolute Gasteiger partial charge is 0.426 e. The fraction of sp³-hybridized carbons (Fsp3) is 0.333. The highest BCUT2D eigenvalue weighted by atomic mass is 16.5. The van der Waals surface area contributed by atoms with Crippen LogP contribution < -0.4 is 10.5 Å². The summed E-state index contributed by atoms with van der Waals surface area (Å²) >= 11 is 0. The van der Waals surface area contributed by atoms with E-state index in [0.717, 1.165) is 0 Å². The van der Waals surface area contributed by atoms with Gasteiger partial charge < -0.3 is 10.5 Å². The molecule has 0 unspecified atom stereocenters. The molecular formula is C12H15NO3. The number of carbonyl (C=O) groups is 2. The second kappa shape index (κ2) is 5.30. The second-order valence-electron chi connectivity index (χ2n) is 3.36. The number of ketones is 1. The van der Waals surface area contributed by atoms with Crippen molar-refractivity contribution in [3.63, 3.8) is 0 Å². The normalized spacial score (nSPS) is 9.88. The fourth-order valence-electron chi connectivity index (χ4n) is 1.24. The van der Waals surface area contributed by atoms with Gasteiger partial charge in [-0.3, -0.25) is 9.59 Å². The molecule has 0 saturated heterocycles. The Bertz CT molecular complexity index is 413. The summed E-state index contributed by atoms with van der Waals surface area (Å²) in [5, 5.41) is 0. The third kappa shape index (κ3) is 2.82. The van der Waals surface area contributed by atoms with E-state index in [-0.39, 0.29) is 23.9 Å². The van der Waals surface area contributed by atoms with Crippen LogP contribution >= 0.6 is 0 Å². The summed E-state index contributed by atoms with van der Waals surface area (Å²) in [6, 6.07) is 4.68. The molecule has 0 amide bonds. The monoisotopic (exact) mass is 221 g/mol. The minimum Gasteiger partial charge on any atom is -0.426 e. The standard InChI is InChI=1S/C12H15NO3/c1-3-10(14)9-7-8(13)5-6-11(9)16-12(15)4-2/h5-7H,3-4,13H2,1-2H3. The van der Waals surface area contributed by atoms with E-state index in [4.69, 9.17) is 10.5 Å². The van der Waals surface area contributed by atoms with E-state index in [0.29, 0.717) is 17.7 Å². The van der Waals surface area contributed by atoms with Crippen molar-refractivity contribution in [2.45, 2.75) is 26.7 Å². The lowest BCUT2D eigenvalue weighted by atomic mass is 10.1. The van der Waals surface area contributed by atoms with Crippen molar-refractivity contribution in [2.75, 3.05) is 5.73 Å². The summed E-state index contributed by atoms with van der Waals surface area (Å²) in [6.07, 6.45) is 0.615. The third-order valence-corrected chi connectivity index (χ3v) is 2.14. The molecule has 0 aliphatic heterocycles. The predicted molar refractivity (Wildman–Crippen MR) is 61.4 cm³/mol. The van der Waals surface area contributed by atoms with Crippen LogP contribution in [0.5, 0.6) is 5.75 Å². The highest BCUT2D eigenvalue weighted by Crippen LogP contribution is 2.23. The number of nitrogens with two attached hydrogens (primary N) is 1. The van der Waals surface area contributed by atoms with Crippen molar-refractivity contribution >= 4 is 17.4 Å². The molecule has 0 bridgehead atoms. The van der Waals surface area contributed by atoms with Crippen LogP contribution in [0.2, 0.25) is 0 Å².